The van der Waals surface area contributed by atoms with E-state index in [0.29, 0.717) is 9.88 Å². The number of rotatable bonds is 5. The van der Waals surface area contributed by atoms with Crippen LogP contribution in [-0.2, 0) is 12.8 Å². The van der Waals surface area contributed by atoms with Crippen molar-refractivity contribution in [2.24, 2.45) is 0 Å². The summed E-state index contributed by atoms with van der Waals surface area (Å²) in [6.45, 7) is 5.99. The summed E-state index contributed by atoms with van der Waals surface area (Å²) in [4.78, 5) is 26.2. The van der Waals surface area contributed by atoms with E-state index in [1.54, 1.807) is 6.07 Å². The summed E-state index contributed by atoms with van der Waals surface area (Å²) in [6, 6.07) is 3.50. The molecule has 0 saturated carbocycles. The summed E-state index contributed by atoms with van der Waals surface area (Å²) in [5.41, 5.74) is 1.32. The molecule has 0 aliphatic rings. The van der Waals surface area contributed by atoms with E-state index in [0.717, 1.165) is 28.2 Å². The number of nitrogens with one attached hydrogen (secondary N) is 1. The summed E-state index contributed by atoms with van der Waals surface area (Å²) >= 11 is 2.76. The van der Waals surface area contributed by atoms with E-state index in [1.165, 1.54) is 22.7 Å². The largest absolute Gasteiger partial charge is 0.478 e. The van der Waals surface area contributed by atoms with Gasteiger partial charge in [-0.2, -0.15) is 0 Å². The molecule has 0 aliphatic carbocycles. The Hall–Kier alpha value is -1.66. The van der Waals surface area contributed by atoms with Gasteiger partial charge in [0.25, 0.3) is 5.91 Å². The number of anilines is 1. The van der Waals surface area contributed by atoms with Gasteiger partial charge in [0.15, 0.2) is 0 Å². The Kier molecular flexibility index (Phi) is 4.80. The van der Waals surface area contributed by atoms with Crippen LogP contribution in [0.4, 0.5) is 5.00 Å². The zero-order valence-electron chi connectivity index (χ0n) is 12.1. The normalized spacial score (nSPS) is 10.6. The minimum atomic E-state index is -1.02. The van der Waals surface area contributed by atoms with Gasteiger partial charge in [-0.15, -0.1) is 22.7 Å². The Morgan fingerprint density at radius 1 is 1.19 bits per heavy atom. The summed E-state index contributed by atoms with van der Waals surface area (Å²) in [6.07, 6.45) is 1.63. The van der Waals surface area contributed by atoms with Crippen molar-refractivity contribution in [1.29, 1.82) is 0 Å². The van der Waals surface area contributed by atoms with E-state index in [4.69, 9.17) is 0 Å². The molecule has 21 heavy (non-hydrogen) atoms. The Morgan fingerprint density at radius 2 is 1.90 bits per heavy atom. The van der Waals surface area contributed by atoms with Gasteiger partial charge in [0.05, 0.1) is 10.4 Å². The molecule has 0 radical (unpaired) electrons. The van der Waals surface area contributed by atoms with Crippen molar-refractivity contribution in [3.63, 3.8) is 0 Å². The molecule has 112 valence electrons. The smallest absolute Gasteiger partial charge is 0.338 e. The number of aryl methyl sites for hydroxylation is 3. The molecule has 4 nitrogen and oxygen atoms in total. The van der Waals surface area contributed by atoms with Crippen molar-refractivity contribution < 1.29 is 14.7 Å². The summed E-state index contributed by atoms with van der Waals surface area (Å²) < 4.78 is 0. The second-order valence-electron chi connectivity index (χ2n) is 4.61. The predicted octanol–water partition coefficient (Wildman–Crippen LogP) is 4.19. The summed E-state index contributed by atoms with van der Waals surface area (Å²) in [7, 11) is 0. The SMILES string of the molecule is CCc1cc(C(=O)O)c(NC(=O)c2cc(CC)c(C)s2)s1. The molecule has 0 unspecified atom stereocenters. The van der Waals surface area contributed by atoms with Gasteiger partial charge in [0, 0.05) is 9.75 Å². The highest BCUT2D eigenvalue weighted by atomic mass is 32.1. The maximum absolute atomic E-state index is 12.3. The third-order valence-corrected chi connectivity index (χ3v) is 5.50. The Bertz CT molecular complexity index is 685. The molecule has 2 heterocycles. The van der Waals surface area contributed by atoms with Crippen LogP contribution < -0.4 is 5.32 Å². The van der Waals surface area contributed by atoms with E-state index in [-0.39, 0.29) is 11.5 Å². The Balaban J connectivity index is 2.26. The highest BCUT2D eigenvalue weighted by Crippen LogP contribution is 2.30. The third-order valence-electron chi connectivity index (χ3n) is 3.21. The first-order valence-electron chi connectivity index (χ1n) is 6.72. The number of thiophene rings is 2. The number of aromatic carboxylic acids is 1. The molecule has 0 atom stereocenters. The molecule has 0 fully saturated rings. The summed E-state index contributed by atoms with van der Waals surface area (Å²) in [5, 5.41) is 12.3. The maximum atomic E-state index is 12.3. The molecule has 1 amide bonds. The van der Waals surface area contributed by atoms with Crippen LogP contribution in [0, 0.1) is 6.92 Å². The van der Waals surface area contributed by atoms with Gasteiger partial charge in [0.1, 0.15) is 5.00 Å². The van der Waals surface area contributed by atoms with Gasteiger partial charge in [-0.05, 0) is 37.5 Å². The standard InChI is InChI=1S/C15H17NO3S2/c1-4-9-6-12(20-8(9)3)13(17)16-14-11(15(18)19)7-10(5-2)21-14/h6-7H,4-5H2,1-3H3,(H,16,17)(H,18,19). The van der Waals surface area contributed by atoms with Crippen molar-refractivity contribution >= 4 is 39.6 Å². The first-order chi connectivity index (χ1) is 9.96. The van der Waals surface area contributed by atoms with Gasteiger partial charge < -0.3 is 10.4 Å². The van der Waals surface area contributed by atoms with Crippen LogP contribution in [0.25, 0.3) is 0 Å². The minimum absolute atomic E-state index is 0.161. The molecule has 0 spiro atoms. The van der Waals surface area contributed by atoms with Crippen molar-refractivity contribution in [3.05, 3.63) is 37.9 Å². The third kappa shape index (κ3) is 3.33. The molecule has 0 saturated heterocycles. The predicted molar refractivity (Wildman–Crippen MR) is 87.0 cm³/mol. The lowest BCUT2D eigenvalue weighted by Gasteiger charge is -2.01. The lowest BCUT2D eigenvalue weighted by atomic mass is 10.2. The second kappa shape index (κ2) is 6.41. The number of hydrogen-bond acceptors (Lipinski definition) is 4. The summed E-state index contributed by atoms with van der Waals surface area (Å²) in [5.74, 6) is -1.26. The van der Waals surface area contributed by atoms with Crippen LogP contribution in [0.2, 0.25) is 0 Å². The van der Waals surface area contributed by atoms with Crippen LogP contribution in [0.3, 0.4) is 0 Å². The lowest BCUT2D eigenvalue weighted by molar-refractivity contribution is 0.0698. The van der Waals surface area contributed by atoms with E-state index in [9.17, 15) is 14.7 Å². The number of amides is 1. The van der Waals surface area contributed by atoms with Crippen LogP contribution in [-0.4, -0.2) is 17.0 Å². The zero-order valence-corrected chi connectivity index (χ0v) is 13.8. The molecule has 2 rings (SSSR count). The molecule has 2 N–H and O–H groups in total. The number of carboxylic acid groups (broad SMARTS) is 1. The number of hydrogen-bond donors (Lipinski definition) is 2. The quantitative estimate of drug-likeness (QED) is 0.867. The molecule has 2 aromatic rings. The molecular formula is C15H17NO3S2. The molecule has 2 aromatic heterocycles. The average Bonchev–Trinajstić information content (AvgIpc) is 3.02. The van der Waals surface area contributed by atoms with E-state index >= 15 is 0 Å². The molecular weight excluding hydrogens is 306 g/mol. The first kappa shape index (κ1) is 15.7. The Labute approximate surface area is 131 Å². The van der Waals surface area contributed by atoms with Crippen LogP contribution in [0.1, 0.15) is 49.2 Å². The van der Waals surface area contributed by atoms with E-state index in [1.807, 2.05) is 26.8 Å². The number of carbonyl (C=O) groups excluding carboxylic acids is 1. The minimum Gasteiger partial charge on any atom is -0.478 e. The number of carboxylic acids is 1. The molecule has 0 bridgehead atoms. The van der Waals surface area contributed by atoms with Gasteiger partial charge >= 0.3 is 5.97 Å². The molecule has 0 aromatic carbocycles. The fourth-order valence-corrected chi connectivity index (χ4v) is 4.01. The monoisotopic (exact) mass is 323 g/mol. The van der Waals surface area contributed by atoms with Gasteiger partial charge in [-0.25, -0.2) is 4.79 Å². The van der Waals surface area contributed by atoms with Gasteiger partial charge in [-0.3, -0.25) is 4.79 Å². The van der Waals surface area contributed by atoms with Crippen molar-refractivity contribution in [3.8, 4) is 0 Å². The maximum Gasteiger partial charge on any atom is 0.338 e. The zero-order chi connectivity index (χ0) is 15.6. The number of carbonyl (C=O) groups is 2. The average molecular weight is 323 g/mol. The van der Waals surface area contributed by atoms with E-state index < -0.39 is 5.97 Å². The molecule has 6 heteroatoms. The highest BCUT2D eigenvalue weighted by molar-refractivity contribution is 7.17. The first-order valence-corrected chi connectivity index (χ1v) is 8.36. The fourth-order valence-electron chi connectivity index (χ4n) is 2.02. The lowest BCUT2D eigenvalue weighted by Crippen LogP contribution is -2.11. The highest BCUT2D eigenvalue weighted by Gasteiger charge is 2.19. The van der Waals surface area contributed by atoms with Crippen LogP contribution in [0.5, 0.6) is 0 Å². The Morgan fingerprint density at radius 3 is 2.43 bits per heavy atom. The van der Waals surface area contributed by atoms with Crippen LogP contribution in [0.15, 0.2) is 12.1 Å². The molecule has 0 aliphatic heterocycles. The van der Waals surface area contributed by atoms with Gasteiger partial charge in [0.2, 0.25) is 0 Å². The van der Waals surface area contributed by atoms with Crippen molar-refractivity contribution in [2.75, 3.05) is 5.32 Å². The van der Waals surface area contributed by atoms with Gasteiger partial charge in [-0.1, -0.05) is 13.8 Å². The van der Waals surface area contributed by atoms with Crippen LogP contribution >= 0.6 is 22.7 Å². The second-order valence-corrected chi connectivity index (χ2v) is 7.01. The van der Waals surface area contributed by atoms with Crippen molar-refractivity contribution in [1.82, 2.24) is 0 Å². The fraction of sp³-hybridized carbons (Fsp3) is 0.333. The van der Waals surface area contributed by atoms with E-state index in [2.05, 4.69) is 5.32 Å². The topological polar surface area (TPSA) is 66.4 Å². The van der Waals surface area contributed by atoms with Crippen molar-refractivity contribution in [2.45, 2.75) is 33.6 Å².